The van der Waals surface area contributed by atoms with Crippen molar-refractivity contribution >= 4 is 29.3 Å². The summed E-state index contributed by atoms with van der Waals surface area (Å²) in [5.41, 5.74) is 1.51. The van der Waals surface area contributed by atoms with E-state index in [0.717, 1.165) is 16.7 Å². The molecule has 0 aliphatic heterocycles. The van der Waals surface area contributed by atoms with E-state index in [4.69, 9.17) is 14.2 Å². The van der Waals surface area contributed by atoms with Crippen molar-refractivity contribution in [2.24, 2.45) is 0 Å². The van der Waals surface area contributed by atoms with Crippen molar-refractivity contribution in [3.63, 3.8) is 0 Å². The fourth-order valence-corrected chi connectivity index (χ4v) is 5.12. The van der Waals surface area contributed by atoms with Gasteiger partial charge in [0.05, 0.1) is 31.8 Å². The number of Topliss-reactive ketones (excluding diaryl/α,β-unsaturated/α-hetero) is 1. The van der Waals surface area contributed by atoms with Gasteiger partial charge in [-0.05, 0) is 63.8 Å². The molecule has 2 N–H and O–H groups in total. The number of carbonyl (C=O) groups excluding carboxylic acids is 4. The number of amides is 2. The van der Waals surface area contributed by atoms with Gasteiger partial charge in [0, 0.05) is 11.8 Å². The van der Waals surface area contributed by atoms with Gasteiger partial charge in [-0.2, -0.15) is 0 Å². The van der Waals surface area contributed by atoms with Gasteiger partial charge in [-0.3, -0.25) is 9.59 Å². The van der Waals surface area contributed by atoms with Crippen molar-refractivity contribution in [1.29, 1.82) is 0 Å². The number of carbonyl (C=O) groups is 4. The molecular weight excluding hydrogens is 648 g/mol. The number of hydrogen-bond donors (Lipinski definition) is 2. The summed E-state index contributed by atoms with van der Waals surface area (Å²) in [5, 5.41) is 5.28. The smallest absolute Gasteiger partial charge is 0.408 e. The SMILES string of the molecule is C=C(C(=O)[C@@H](COCc1ccccc1)NC(=O)C(C)(C)NC(=O)OC(C)(C)C)c1cn(C(C(=O)OCC)c2ccc(-c3ccccc3)cc2)cn1. The summed E-state index contributed by atoms with van der Waals surface area (Å²) in [6.07, 6.45) is 2.20. The third-order valence-electron chi connectivity index (χ3n) is 7.75. The van der Waals surface area contributed by atoms with Crippen LogP contribution in [-0.2, 0) is 35.2 Å². The van der Waals surface area contributed by atoms with Crippen molar-refractivity contribution in [2.75, 3.05) is 13.2 Å². The molecule has 4 rings (SSSR count). The number of nitrogens with zero attached hydrogens (tertiary/aromatic N) is 2. The first-order chi connectivity index (χ1) is 24.2. The van der Waals surface area contributed by atoms with E-state index in [1.807, 2.05) is 84.9 Å². The van der Waals surface area contributed by atoms with Crippen LogP contribution in [0.25, 0.3) is 16.7 Å². The summed E-state index contributed by atoms with van der Waals surface area (Å²) >= 11 is 0. The molecule has 2 atom stereocenters. The number of nitrogens with one attached hydrogen (secondary N) is 2. The Labute approximate surface area is 299 Å². The van der Waals surface area contributed by atoms with Gasteiger partial charge in [0.2, 0.25) is 5.91 Å². The fraction of sp³-hybridized carbons (Fsp3) is 0.325. The summed E-state index contributed by atoms with van der Waals surface area (Å²) in [5.74, 6) is -1.70. The number of imidazole rings is 1. The number of rotatable bonds is 15. The van der Waals surface area contributed by atoms with Crippen molar-refractivity contribution < 1.29 is 33.4 Å². The zero-order chi connectivity index (χ0) is 37.2. The van der Waals surface area contributed by atoms with Gasteiger partial charge < -0.3 is 29.4 Å². The lowest BCUT2D eigenvalue weighted by molar-refractivity contribution is -0.145. The molecule has 0 aliphatic carbocycles. The normalized spacial score (nSPS) is 12.7. The molecule has 0 saturated heterocycles. The molecule has 11 nitrogen and oxygen atoms in total. The summed E-state index contributed by atoms with van der Waals surface area (Å²) < 4.78 is 18.2. The van der Waals surface area contributed by atoms with E-state index in [2.05, 4.69) is 22.2 Å². The second kappa shape index (κ2) is 16.9. The molecule has 4 aromatic rings. The Morgan fingerprint density at radius 2 is 1.47 bits per heavy atom. The Hall–Kier alpha value is -5.55. The standard InChI is InChI=1S/C40H46N4O7/c1-8-50-36(46)34(31-21-19-30(20-22-31)29-17-13-10-14-18-29)44-23-32(41-26-44)27(2)35(45)33(25-49-24-28-15-11-9-12-16-28)42-37(47)40(6,7)43-38(48)51-39(3,4)5/h9-23,26,33-34H,2,8,24-25H2,1,3-7H3,(H,42,47)(H,43,48)/t33-,34?/m1/s1. The zero-order valence-corrected chi connectivity index (χ0v) is 30.0. The number of hydrogen-bond acceptors (Lipinski definition) is 8. The summed E-state index contributed by atoms with van der Waals surface area (Å²) in [7, 11) is 0. The fourth-order valence-electron chi connectivity index (χ4n) is 5.12. The van der Waals surface area contributed by atoms with Crippen LogP contribution in [0.1, 0.15) is 64.4 Å². The highest BCUT2D eigenvalue weighted by molar-refractivity contribution is 6.22. The van der Waals surface area contributed by atoms with Gasteiger partial charge in [-0.1, -0.05) is 91.5 Å². The maximum atomic E-state index is 14.0. The van der Waals surface area contributed by atoms with Gasteiger partial charge in [0.15, 0.2) is 11.8 Å². The Morgan fingerprint density at radius 1 is 0.863 bits per heavy atom. The molecule has 3 aromatic carbocycles. The number of aromatic nitrogens is 2. The van der Waals surface area contributed by atoms with Crippen LogP contribution in [0, 0.1) is 0 Å². The van der Waals surface area contributed by atoms with E-state index in [1.165, 1.54) is 20.2 Å². The summed E-state index contributed by atoms with van der Waals surface area (Å²) in [4.78, 5) is 57.6. The average molecular weight is 695 g/mol. The van der Waals surface area contributed by atoms with Gasteiger partial charge in [0.1, 0.15) is 17.2 Å². The second-order valence-corrected chi connectivity index (χ2v) is 13.5. The molecule has 2 amide bonds. The minimum atomic E-state index is -1.45. The Balaban J connectivity index is 1.56. The molecule has 0 bridgehead atoms. The summed E-state index contributed by atoms with van der Waals surface area (Å²) in [6.45, 7) is 14.0. The number of alkyl carbamates (subject to hydrolysis) is 1. The minimum Gasteiger partial charge on any atom is -0.464 e. The van der Waals surface area contributed by atoms with Crippen LogP contribution < -0.4 is 10.6 Å². The molecule has 11 heteroatoms. The zero-order valence-electron chi connectivity index (χ0n) is 30.0. The van der Waals surface area contributed by atoms with E-state index in [0.29, 0.717) is 5.56 Å². The van der Waals surface area contributed by atoms with E-state index in [-0.39, 0.29) is 31.1 Å². The average Bonchev–Trinajstić information content (AvgIpc) is 3.57. The van der Waals surface area contributed by atoms with Crippen LogP contribution in [0.5, 0.6) is 0 Å². The van der Waals surface area contributed by atoms with Crippen LogP contribution in [-0.4, -0.2) is 63.7 Å². The van der Waals surface area contributed by atoms with Gasteiger partial charge in [-0.15, -0.1) is 0 Å². The van der Waals surface area contributed by atoms with Crippen molar-refractivity contribution in [3.8, 4) is 11.1 Å². The first kappa shape index (κ1) is 38.3. The van der Waals surface area contributed by atoms with Gasteiger partial charge >= 0.3 is 12.1 Å². The minimum absolute atomic E-state index is 0.0118. The number of esters is 1. The van der Waals surface area contributed by atoms with Crippen molar-refractivity contribution in [1.82, 2.24) is 20.2 Å². The number of ether oxygens (including phenoxy) is 3. The molecule has 0 fully saturated rings. The van der Waals surface area contributed by atoms with Crippen LogP contribution >= 0.6 is 0 Å². The lowest BCUT2D eigenvalue weighted by Gasteiger charge is -2.29. The molecule has 0 saturated carbocycles. The Morgan fingerprint density at radius 3 is 2.08 bits per heavy atom. The predicted molar refractivity (Wildman–Crippen MR) is 194 cm³/mol. The molecular formula is C40H46N4O7. The summed E-state index contributed by atoms with van der Waals surface area (Å²) in [6, 6.07) is 24.7. The van der Waals surface area contributed by atoms with E-state index in [9.17, 15) is 19.2 Å². The molecule has 1 heterocycles. The quantitative estimate of drug-likeness (QED) is 0.109. The third kappa shape index (κ3) is 10.7. The van der Waals surface area contributed by atoms with E-state index < -0.39 is 47.0 Å². The van der Waals surface area contributed by atoms with Gasteiger partial charge in [-0.25, -0.2) is 14.6 Å². The highest BCUT2D eigenvalue weighted by Gasteiger charge is 2.35. The van der Waals surface area contributed by atoms with Crippen LogP contribution in [0.15, 0.2) is 104 Å². The first-order valence-corrected chi connectivity index (χ1v) is 16.7. The third-order valence-corrected chi connectivity index (χ3v) is 7.75. The van der Waals surface area contributed by atoms with Gasteiger partial charge in [0.25, 0.3) is 0 Å². The number of benzene rings is 3. The lowest BCUT2D eigenvalue weighted by atomic mass is 10.00. The number of ketones is 1. The highest BCUT2D eigenvalue weighted by Crippen LogP contribution is 2.26. The molecule has 268 valence electrons. The Kier molecular flexibility index (Phi) is 12.7. The molecule has 51 heavy (non-hydrogen) atoms. The topological polar surface area (TPSA) is 138 Å². The van der Waals surface area contributed by atoms with Crippen LogP contribution in [0.3, 0.4) is 0 Å². The molecule has 0 aliphatic rings. The van der Waals surface area contributed by atoms with Crippen LogP contribution in [0.4, 0.5) is 4.79 Å². The molecule has 0 radical (unpaired) electrons. The lowest BCUT2D eigenvalue weighted by Crippen LogP contribution is -2.59. The predicted octanol–water partition coefficient (Wildman–Crippen LogP) is 6.29. The monoisotopic (exact) mass is 694 g/mol. The molecule has 1 aromatic heterocycles. The van der Waals surface area contributed by atoms with E-state index in [1.54, 1.807) is 38.5 Å². The molecule has 0 spiro atoms. The first-order valence-electron chi connectivity index (χ1n) is 16.7. The molecule has 1 unspecified atom stereocenters. The van der Waals surface area contributed by atoms with Crippen molar-refractivity contribution in [3.05, 3.63) is 121 Å². The Bertz CT molecular complexity index is 1810. The van der Waals surface area contributed by atoms with E-state index >= 15 is 0 Å². The second-order valence-electron chi connectivity index (χ2n) is 13.5. The largest absolute Gasteiger partial charge is 0.464 e. The maximum Gasteiger partial charge on any atom is 0.408 e. The maximum absolute atomic E-state index is 14.0. The highest BCUT2D eigenvalue weighted by atomic mass is 16.6. The van der Waals surface area contributed by atoms with Crippen molar-refractivity contribution in [2.45, 2.75) is 71.4 Å². The van der Waals surface area contributed by atoms with Crippen LogP contribution in [0.2, 0.25) is 0 Å².